The Labute approximate surface area is 154 Å². The maximum absolute atomic E-state index is 13.1. The van der Waals surface area contributed by atoms with Gasteiger partial charge in [-0.3, -0.25) is 9.79 Å². The number of carbonyl (C=O) groups excluding carboxylic acids is 1. The third-order valence-corrected chi connectivity index (χ3v) is 5.52. The van der Waals surface area contributed by atoms with Gasteiger partial charge in [0, 0.05) is 12.3 Å². The van der Waals surface area contributed by atoms with E-state index in [0.29, 0.717) is 11.2 Å². The maximum atomic E-state index is 13.1. The zero-order chi connectivity index (χ0) is 17.5. The van der Waals surface area contributed by atoms with Crippen LogP contribution in [0.15, 0.2) is 64.7 Å². The molecule has 2 aromatic carbocycles. The van der Waals surface area contributed by atoms with Gasteiger partial charge in [-0.15, -0.1) is 0 Å². The number of nitrogens with zero attached hydrogens (tertiary/aromatic N) is 4. The zero-order valence-electron chi connectivity index (χ0n) is 13.9. The number of hydrazone groups is 1. The SMILES string of the molecule is O=C1[C@H](C=NC2CC2)C(c2ccccc2)=NN1c1nc2ccccc2s1. The second kappa shape index (κ2) is 6.14. The molecule has 5 rings (SSSR count). The Bertz CT molecular complexity index is 1000. The molecular weight excluding hydrogens is 344 g/mol. The molecular formula is C20H16N4OS. The van der Waals surface area contributed by atoms with Crippen molar-refractivity contribution in [2.45, 2.75) is 18.9 Å². The molecule has 1 fully saturated rings. The van der Waals surface area contributed by atoms with Crippen LogP contribution in [0.5, 0.6) is 0 Å². The number of fused-ring (bicyclic) bond motifs is 1. The van der Waals surface area contributed by atoms with Crippen LogP contribution in [0, 0.1) is 5.92 Å². The van der Waals surface area contributed by atoms with Gasteiger partial charge in [-0.2, -0.15) is 10.1 Å². The van der Waals surface area contributed by atoms with Crippen LogP contribution in [0.25, 0.3) is 10.2 Å². The van der Waals surface area contributed by atoms with E-state index in [1.165, 1.54) is 16.3 Å². The van der Waals surface area contributed by atoms with E-state index in [4.69, 9.17) is 0 Å². The molecule has 1 amide bonds. The van der Waals surface area contributed by atoms with E-state index in [2.05, 4.69) is 15.1 Å². The van der Waals surface area contributed by atoms with Crippen LogP contribution in [0.1, 0.15) is 18.4 Å². The molecule has 1 saturated carbocycles. The van der Waals surface area contributed by atoms with E-state index < -0.39 is 5.92 Å². The average molecular weight is 360 g/mol. The van der Waals surface area contributed by atoms with Crippen molar-refractivity contribution < 1.29 is 4.79 Å². The Hall–Kier alpha value is -2.86. The van der Waals surface area contributed by atoms with Crippen LogP contribution in [0.2, 0.25) is 0 Å². The van der Waals surface area contributed by atoms with Crippen molar-refractivity contribution in [2.75, 3.05) is 5.01 Å². The van der Waals surface area contributed by atoms with Gasteiger partial charge >= 0.3 is 0 Å². The molecule has 1 aliphatic carbocycles. The number of thiazole rings is 1. The summed E-state index contributed by atoms with van der Waals surface area (Å²) in [7, 11) is 0. The lowest BCUT2D eigenvalue weighted by Gasteiger charge is -2.08. The molecule has 128 valence electrons. The summed E-state index contributed by atoms with van der Waals surface area (Å²) in [6, 6.07) is 18.1. The summed E-state index contributed by atoms with van der Waals surface area (Å²) in [5, 5.41) is 6.69. The quantitative estimate of drug-likeness (QED) is 0.663. The molecule has 0 radical (unpaired) electrons. The largest absolute Gasteiger partial charge is 0.293 e. The van der Waals surface area contributed by atoms with Gasteiger partial charge in [0.25, 0.3) is 5.91 Å². The molecule has 2 heterocycles. The van der Waals surface area contributed by atoms with E-state index in [1.54, 1.807) is 6.21 Å². The Morgan fingerprint density at radius 1 is 1.08 bits per heavy atom. The van der Waals surface area contributed by atoms with Gasteiger partial charge in [0.1, 0.15) is 5.92 Å². The standard InChI is InChI=1S/C20H16N4OS/c25-19-15(12-21-14-10-11-14)18(13-6-2-1-3-7-13)23-24(19)20-22-16-8-4-5-9-17(16)26-20/h1-9,12,14-15H,10-11H2/t15-/m1/s1. The molecule has 2 aliphatic rings. The predicted octanol–water partition coefficient (Wildman–Crippen LogP) is 3.90. The summed E-state index contributed by atoms with van der Waals surface area (Å²) in [5.74, 6) is -0.544. The Balaban J connectivity index is 1.56. The molecule has 0 bridgehead atoms. The fourth-order valence-electron chi connectivity index (χ4n) is 2.97. The first-order chi connectivity index (χ1) is 12.8. The molecule has 1 aromatic heterocycles. The molecule has 0 N–H and O–H groups in total. The van der Waals surface area contributed by atoms with Crippen LogP contribution >= 0.6 is 11.3 Å². The monoisotopic (exact) mass is 360 g/mol. The van der Waals surface area contributed by atoms with E-state index in [1.807, 2.05) is 54.6 Å². The molecule has 0 spiro atoms. The number of para-hydroxylation sites is 1. The lowest BCUT2D eigenvalue weighted by atomic mass is 9.98. The summed E-state index contributed by atoms with van der Waals surface area (Å²) in [4.78, 5) is 22.2. The Morgan fingerprint density at radius 3 is 2.62 bits per heavy atom. The summed E-state index contributed by atoms with van der Waals surface area (Å²) >= 11 is 1.48. The lowest BCUT2D eigenvalue weighted by molar-refractivity contribution is -0.118. The normalized spacial score (nSPS) is 20.3. The summed E-state index contributed by atoms with van der Waals surface area (Å²) in [6.07, 6.45) is 3.99. The van der Waals surface area contributed by atoms with Gasteiger partial charge in [0.15, 0.2) is 0 Å². The van der Waals surface area contributed by atoms with Crippen molar-refractivity contribution >= 4 is 44.5 Å². The number of benzene rings is 2. The number of rotatable bonds is 4. The highest BCUT2D eigenvalue weighted by Crippen LogP contribution is 2.33. The van der Waals surface area contributed by atoms with Crippen LogP contribution in [0.4, 0.5) is 5.13 Å². The van der Waals surface area contributed by atoms with E-state index in [-0.39, 0.29) is 5.91 Å². The number of hydrogen-bond donors (Lipinski definition) is 0. The van der Waals surface area contributed by atoms with E-state index >= 15 is 0 Å². The van der Waals surface area contributed by atoms with Gasteiger partial charge in [0.05, 0.1) is 15.9 Å². The number of amides is 1. The zero-order valence-corrected chi connectivity index (χ0v) is 14.8. The molecule has 0 saturated heterocycles. The van der Waals surface area contributed by atoms with Gasteiger partial charge < -0.3 is 0 Å². The van der Waals surface area contributed by atoms with Crippen molar-refractivity contribution in [3.63, 3.8) is 0 Å². The van der Waals surface area contributed by atoms with E-state index in [0.717, 1.165) is 34.3 Å². The molecule has 1 atom stereocenters. The maximum Gasteiger partial charge on any atom is 0.264 e. The number of hydrogen-bond acceptors (Lipinski definition) is 5. The van der Waals surface area contributed by atoms with Crippen LogP contribution in [-0.4, -0.2) is 28.9 Å². The van der Waals surface area contributed by atoms with Crippen molar-refractivity contribution in [3.8, 4) is 0 Å². The highest BCUT2D eigenvalue weighted by atomic mass is 32.1. The smallest absolute Gasteiger partial charge is 0.264 e. The molecule has 0 unspecified atom stereocenters. The highest BCUT2D eigenvalue weighted by molar-refractivity contribution is 7.22. The van der Waals surface area contributed by atoms with Crippen molar-refractivity contribution in [3.05, 3.63) is 60.2 Å². The van der Waals surface area contributed by atoms with Gasteiger partial charge in [-0.1, -0.05) is 53.8 Å². The third-order valence-electron chi connectivity index (χ3n) is 4.50. The fourth-order valence-corrected chi connectivity index (χ4v) is 3.89. The van der Waals surface area contributed by atoms with Gasteiger partial charge in [-0.05, 0) is 30.5 Å². The second-order valence-corrected chi connectivity index (χ2v) is 7.48. The fraction of sp³-hybridized carbons (Fsp3) is 0.200. The molecule has 6 heteroatoms. The first kappa shape index (κ1) is 15.4. The van der Waals surface area contributed by atoms with Crippen LogP contribution in [0.3, 0.4) is 0 Å². The summed E-state index contributed by atoms with van der Waals surface area (Å²) < 4.78 is 1.04. The predicted molar refractivity (Wildman–Crippen MR) is 105 cm³/mol. The number of aliphatic imine (C=N–C) groups is 1. The minimum atomic E-state index is -0.454. The third kappa shape index (κ3) is 2.72. The minimum absolute atomic E-state index is 0.0905. The first-order valence-electron chi connectivity index (χ1n) is 8.66. The minimum Gasteiger partial charge on any atom is -0.293 e. The lowest BCUT2D eigenvalue weighted by Crippen LogP contribution is -2.28. The van der Waals surface area contributed by atoms with Crippen LogP contribution < -0.4 is 5.01 Å². The van der Waals surface area contributed by atoms with Gasteiger partial charge in [0.2, 0.25) is 5.13 Å². The van der Waals surface area contributed by atoms with Gasteiger partial charge in [-0.25, -0.2) is 4.98 Å². The molecule has 3 aromatic rings. The van der Waals surface area contributed by atoms with E-state index in [9.17, 15) is 4.79 Å². The molecule has 1 aliphatic heterocycles. The van der Waals surface area contributed by atoms with Crippen LogP contribution in [-0.2, 0) is 4.79 Å². The topological polar surface area (TPSA) is 57.9 Å². The number of carbonyl (C=O) groups is 1. The van der Waals surface area contributed by atoms with Crippen molar-refractivity contribution in [1.29, 1.82) is 0 Å². The Kier molecular flexibility index (Phi) is 3.64. The highest BCUT2D eigenvalue weighted by Gasteiger charge is 2.38. The molecule has 26 heavy (non-hydrogen) atoms. The average Bonchev–Trinajstić information content (AvgIpc) is 3.31. The Morgan fingerprint density at radius 2 is 1.85 bits per heavy atom. The molecule has 5 nitrogen and oxygen atoms in total. The number of anilines is 1. The second-order valence-electron chi connectivity index (χ2n) is 6.47. The summed E-state index contributed by atoms with van der Waals surface area (Å²) in [5.41, 5.74) is 2.56. The summed E-state index contributed by atoms with van der Waals surface area (Å²) in [6.45, 7) is 0. The number of aromatic nitrogens is 1. The first-order valence-corrected chi connectivity index (χ1v) is 9.48. The van der Waals surface area contributed by atoms with Crippen molar-refractivity contribution in [2.24, 2.45) is 16.0 Å². The van der Waals surface area contributed by atoms with Crippen molar-refractivity contribution in [1.82, 2.24) is 4.98 Å².